The summed E-state index contributed by atoms with van der Waals surface area (Å²) in [4.78, 5) is 30.2. The van der Waals surface area contributed by atoms with Crippen LogP contribution in [0.1, 0.15) is 72.4 Å². The minimum Gasteiger partial charge on any atom is -0.392 e. The molecule has 0 aliphatic carbocycles. The van der Waals surface area contributed by atoms with E-state index < -0.39 is 46.9 Å². The molecule has 1 aromatic rings. The summed E-state index contributed by atoms with van der Waals surface area (Å²) in [5.41, 5.74) is -1.26. The lowest BCUT2D eigenvalue weighted by Gasteiger charge is -2.34. The van der Waals surface area contributed by atoms with Crippen LogP contribution in [0, 0.1) is 17.3 Å². The van der Waals surface area contributed by atoms with E-state index in [1.54, 1.807) is 45.2 Å². The Kier molecular flexibility index (Phi) is 8.50. The number of fused-ring (bicyclic) bond motifs is 1. The number of Topliss-reactive ketones (excluding diaryl/α,β-unsaturated/α-hetero) is 1. The van der Waals surface area contributed by atoms with E-state index in [1.165, 1.54) is 6.08 Å². The summed E-state index contributed by atoms with van der Waals surface area (Å²) in [6.07, 6.45) is 2.57. The van der Waals surface area contributed by atoms with Crippen LogP contribution in [0.15, 0.2) is 30.2 Å². The second-order valence-electron chi connectivity index (χ2n) is 11.0. The number of halogens is 1. The van der Waals surface area contributed by atoms with Crippen molar-refractivity contribution in [1.29, 1.82) is 0 Å². The first-order valence-electron chi connectivity index (χ1n) is 12.5. The zero-order valence-electron chi connectivity index (χ0n) is 21.3. The zero-order valence-corrected chi connectivity index (χ0v) is 21.3. The van der Waals surface area contributed by atoms with Crippen molar-refractivity contribution in [3.63, 3.8) is 0 Å². The van der Waals surface area contributed by atoms with E-state index in [0.29, 0.717) is 12.1 Å². The average Bonchev–Trinajstić information content (AvgIpc) is 3.45. The highest BCUT2D eigenvalue weighted by Gasteiger charge is 2.52. The minimum absolute atomic E-state index is 0.120. The van der Waals surface area contributed by atoms with Crippen LogP contribution in [0.5, 0.6) is 0 Å². The summed E-state index contributed by atoms with van der Waals surface area (Å²) in [5.74, 6) is -2.24. The van der Waals surface area contributed by atoms with Gasteiger partial charge in [0, 0.05) is 18.5 Å². The Bertz CT molecular complexity index is 937. The molecule has 2 aliphatic heterocycles. The molecule has 2 fully saturated rings. The Morgan fingerprint density at radius 2 is 1.94 bits per heavy atom. The maximum atomic E-state index is 15.3. The van der Waals surface area contributed by atoms with E-state index in [-0.39, 0.29) is 30.6 Å². The minimum atomic E-state index is -1.29. The number of epoxide rings is 1. The Balaban J connectivity index is 1.86. The number of carbonyl (C=O) groups excluding carboxylic acids is 2. The lowest BCUT2D eigenvalue weighted by atomic mass is 9.72. The number of aliphatic hydroxyl groups is 2. The number of carbonyl (C=O) groups is 2. The number of pyridine rings is 1. The summed E-state index contributed by atoms with van der Waals surface area (Å²) in [7, 11) is 0. The number of hydrogen-bond acceptors (Lipinski definition) is 6. The average molecular weight is 491 g/mol. The van der Waals surface area contributed by atoms with Crippen molar-refractivity contribution in [2.24, 2.45) is 17.3 Å². The molecule has 35 heavy (non-hydrogen) atoms. The number of ether oxygens (including phenoxy) is 1. The molecular formula is C27H39FN2O5. The van der Waals surface area contributed by atoms with Gasteiger partial charge in [0.25, 0.3) is 0 Å². The summed E-state index contributed by atoms with van der Waals surface area (Å²) in [6.45, 7) is 8.70. The van der Waals surface area contributed by atoms with E-state index in [2.05, 4.69) is 10.3 Å². The van der Waals surface area contributed by atoms with Crippen LogP contribution >= 0.6 is 0 Å². The normalized spacial score (nSPS) is 37.3. The van der Waals surface area contributed by atoms with Crippen LogP contribution in [0.4, 0.5) is 4.39 Å². The van der Waals surface area contributed by atoms with E-state index in [0.717, 1.165) is 12.8 Å². The molecule has 2 aliphatic rings. The highest BCUT2D eigenvalue weighted by atomic mass is 19.1. The smallest absolute Gasteiger partial charge is 0.223 e. The van der Waals surface area contributed by atoms with Crippen molar-refractivity contribution in [2.45, 2.75) is 96.7 Å². The van der Waals surface area contributed by atoms with Crippen molar-refractivity contribution in [3.05, 3.63) is 35.9 Å². The fourth-order valence-electron chi connectivity index (χ4n) is 4.99. The van der Waals surface area contributed by atoms with Gasteiger partial charge in [-0.3, -0.25) is 14.6 Å². The molecule has 5 unspecified atom stereocenters. The molecule has 0 radical (unpaired) electrons. The standard InChI is InChI=1S/C27H39FN2O5/c1-16-9-8-11-27(5)22(35-27)14-20(19(28)13-18-10-6-7-12-29-18)30-23(32)15-21(31)26(3,4)25(34)17(2)24(16)33/h6-7,10,12-13,16-17,20-22,24,31,33H,8-9,11,14-15H2,1-5H3,(H,30,32)/t16-,17?,20-,21?,22?,24?,27?/m0/s1. The first-order valence-corrected chi connectivity index (χ1v) is 12.5. The van der Waals surface area contributed by atoms with Crippen LogP contribution in [0.2, 0.25) is 0 Å². The fourth-order valence-corrected chi connectivity index (χ4v) is 4.99. The predicted octanol–water partition coefficient (Wildman–Crippen LogP) is 3.59. The van der Waals surface area contributed by atoms with Crippen LogP contribution < -0.4 is 5.32 Å². The molecule has 0 spiro atoms. The number of amides is 1. The molecule has 3 N–H and O–H groups in total. The highest BCUT2D eigenvalue weighted by molar-refractivity contribution is 5.88. The van der Waals surface area contributed by atoms with E-state index in [4.69, 9.17) is 4.74 Å². The third-order valence-corrected chi connectivity index (χ3v) is 7.82. The number of nitrogens with one attached hydrogen (secondary N) is 1. The van der Waals surface area contributed by atoms with E-state index in [1.807, 2.05) is 13.8 Å². The van der Waals surface area contributed by atoms with Crippen molar-refractivity contribution in [2.75, 3.05) is 0 Å². The van der Waals surface area contributed by atoms with Gasteiger partial charge in [0.2, 0.25) is 5.91 Å². The van der Waals surface area contributed by atoms with Crippen molar-refractivity contribution in [3.8, 4) is 0 Å². The maximum Gasteiger partial charge on any atom is 0.223 e. The molecule has 0 bridgehead atoms. The molecule has 194 valence electrons. The SMILES string of the molecule is CC1C(=O)C(C)(C)C(O)CC(=O)N[C@H](C(F)=Cc2ccccn2)CC2OC2(C)CCC[C@H](C)C1O. The molecule has 1 aromatic heterocycles. The third-order valence-electron chi connectivity index (χ3n) is 7.82. The van der Waals surface area contributed by atoms with E-state index in [9.17, 15) is 19.8 Å². The topological polar surface area (TPSA) is 112 Å². The third kappa shape index (κ3) is 6.54. The van der Waals surface area contributed by atoms with Gasteiger partial charge in [-0.1, -0.05) is 40.2 Å². The van der Waals surface area contributed by atoms with Gasteiger partial charge in [0.15, 0.2) is 0 Å². The van der Waals surface area contributed by atoms with Gasteiger partial charge in [-0.25, -0.2) is 4.39 Å². The number of hydrogen-bond donors (Lipinski definition) is 3. The molecular weight excluding hydrogens is 451 g/mol. The number of aliphatic hydroxyl groups excluding tert-OH is 2. The van der Waals surface area contributed by atoms with Crippen molar-refractivity contribution in [1.82, 2.24) is 10.3 Å². The number of ketones is 1. The van der Waals surface area contributed by atoms with Gasteiger partial charge < -0.3 is 20.3 Å². The molecule has 2 saturated heterocycles. The van der Waals surface area contributed by atoms with Crippen LogP contribution in [0.3, 0.4) is 0 Å². The number of rotatable bonds is 2. The molecule has 3 rings (SSSR count). The molecule has 7 nitrogen and oxygen atoms in total. The fraction of sp³-hybridized carbons (Fsp3) is 0.667. The summed E-state index contributed by atoms with van der Waals surface area (Å²) < 4.78 is 21.2. The Morgan fingerprint density at radius 3 is 2.60 bits per heavy atom. The quantitative estimate of drug-likeness (QED) is 0.547. The molecule has 0 saturated carbocycles. The van der Waals surface area contributed by atoms with Gasteiger partial charge in [-0.15, -0.1) is 0 Å². The zero-order chi connectivity index (χ0) is 26.0. The molecule has 8 heteroatoms. The van der Waals surface area contributed by atoms with Crippen LogP contribution in [-0.2, 0) is 14.3 Å². The first-order chi connectivity index (χ1) is 16.3. The second kappa shape index (κ2) is 10.8. The summed E-state index contributed by atoms with van der Waals surface area (Å²) in [5, 5.41) is 24.3. The number of nitrogens with zero attached hydrogens (tertiary/aromatic N) is 1. The maximum absolute atomic E-state index is 15.3. The Morgan fingerprint density at radius 1 is 1.23 bits per heavy atom. The highest BCUT2D eigenvalue weighted by Crippen LogP contribution is 2.44. The van der Waals surface area contributed by atoms with E-state index >= 15 is 4.39 Å². The van der Waals surface area contributed by atoms with Gasteiger partial charge in [0.1, 0.15) is 11.6 Å². The first kappa shape index (κ1) is 27.4. The Labute approximate surface area is 207 Å². The second-order valence-corrected chi connectivity index (χ2v) is 11.0. The van der Waals surface area contributed by atoms with Crippen molar-refractivity contribution < 1.29 is 28.9 Å². The predicted molar refractivity (Wildman–Crippen MR) is 131 cm³/mol. The monoisotopic (exact) mass is 490 g/mol. The lowest BCUT2D eigenvalue weighted by Crippen LogP contribution is -2.47. The summed E-state index contributed by atoms with van der Waals surface area (Å²) in [6, 6.07) is 4.20. The molecule has 3 heterocycles. The summed E-state index contributed by atoms with van der Waals surface area (Å²) >= 11 is 0. The van der Waals surface area contributed by atoms with Crippen molar-refractivity contribution >= 4 is 17.8 Å². The van der Waals surface area contributed by atoms with Gasteiger partial charge in [-0.05, 0) is 43.9 Å². The lowest BCUT2D eigenvalue weighted by molar-refractivity contribution is -0.143. The molecule has 1 amide bonds. The molecule has 7 atom stereocenters. The van der Waals surface area contributed by atoms with Gasteiger partial charge >= 0.3 is 0 Å². The van der Waals surface area contributed by atoms with Gasteiger partial charge in [0.05, 0.1) is 47.5 Å². The van der Waals surface area contributed by atoms with Gasteiger partial charge in [-0.2, -0.15) is 0 Å². The van der Waals surface area contributed by atoms with Crippen LogP contribution in [-0.4, -0.2) is 56.8 Å². The number of aromatic nitrogens is 1. The van der Waals surface area contributed by atoms with Crippen LogP contribution in [0.25, 0.3) is 6.08 Å². The largest absolute Gasteiger partial charge is 0.392 e. The Hall–Kier alpha value is -2.16. The molecule has 0 aromatic carbocycles.